The van der Waals surface area contributed by atoms with Crippen LogP contribution in [0, 0.1) is 5.92 Å². The summed E-state index contributed by atoms with van der Waals surface area (Å²) in [6.07, 6.45) is 4.09. The van der Waals surface area contributed by atoms with Gasteiger partial charge in [0.15, 0.2) is 0 Å². The lowest BCUT2D eigenvalue weighted by molar-refractivity contribution is -0.138. The summed E-state index contributed by atoms with van der Waals surface area (Å²) >= 11 is 2.01. The molecule has 0 rings (SSSR count). The normalized spacial score (nSPS) is 12.5. The van der Waals surface area contributed by atoms with Gasteiger partial charge in [-0.25, -0.2) is 0 Å². The van der Waals surface area contributed by atoms with Crippen LogP contribution >= 0.6 is 0 Å². The van der Waals surface area contributed by atoms with Gasteiger partial charge in [0.05, 0.1) is 5.92 Å². The third kappa shape index (κ3) is 4.45. The number of carbonyl (C=O) groups is 1. The standard InChI is InChI=1S/C8H16O2.Al/c1-3-5-6-7(4-2)8(9)10;/h7H,3-6H2,1-2H3,(H,9,10);/q;+1/p-1. The van der Waals surface area contributed by atoms with E-state index >= 15 is 0 Å². The SMILES string of the molecule is CCCCC(CC)C(=O)[O][Al]. The first-order valence-corrected chi connectivity index (χ1v) is 4.63. The second-order valence-electron chi connectivity index (χ2n) is 2.68. The van der Waals surface area contributed by atoms with E-state index in [1.807, 2.05) is 23.5 Å². The average Bonchev–Trinajstić information content (AvgIpc) is 2.05. The second-order valence-corrected chi connectivity index (χ2v) is 2.92. The quantitative estimate of drug-likeness (QED) is 0.588. The van der Waals surface area contributed by atoms with Crippen molar-refractivity contribution >= 4 is 22.6 Å². The van der Waals surface area contributed by atoms with Gasteiger partial charge >= 0.3 is 16.6 Å². The summed E-state index contributed by atoms with van der Waals surface area (Å²) in [5.41, 5.74) is 0. The molecule has 0 aliphatic heterocycles. The molecule has 0 spiro atoms. The Balaban J connectivity index is 3.65. The van der Waals surface area contributed by atoms with Gasteiger partial charge in [0.1, 0.15) is 0 Å². The van der Waals surface area contributed by atoms with Gasteiger partial charge in [0.25, 0.3) is 5.97 Å². The molecular weight excluding hydrogens is 155 g/mol. The highest BCUT2D eigenvalue weighted by atomic mass is 27.1. The summed E-state index contributed by atoms with van der Waals surface area (Å²) in [4.78, 5) is 11.0. The van der Waals surface area contributed by atoms with Crippen molar-refractivity contribution in [2.24, 2.45) is 5.92 Å². The summed E-state index contributed by atoms with van der Waals surface area (Å²) in [6, 6.07) is 0. The van der Waals surface area contributed by atoms with Crippen molar-refractivity contribution < 1.29 is 8.58 Å². The zero-order valence-electron chi connectivity index (χ0n) is 7.30. The molecule has 1 unspecified atom stereocenters. The molecule has 0 heterocycles. The van der Waals surface area contributed by atoms with Crippen LogP contribution in [0.25, 0.3) is 0 Å². The van der Waals surface area contributed by atoms with Crippen LogP contribution < -0.4 is 0 Å². The Bertz CT molecular complexity index is 115. The van der Waals surface area contributed by atoms with E-state index in [0.717, 1.165) is 25.7 Å². The molecule has 1 atom stereocenters. The summed E-state index contributed by atoms with van der Waals surface area (Å²) in [5.74, 6) is 0.0124. The molecular formula is C8H15AlO2. The molecule has 0 aromatic carbocycles. The van der Waals surface area contributed by atoms with Crippen molar-refractivity contribution in [3.63, 3.8) is 0 Å². The maximum atomic E-state index is 11.0. The Morgan fingerprint density at radius 3 is 2.55 bits per heavy atom. The van der Waals surface area contributed by atoms with Crippen molar-refractivity contribution in [2.75, 3.05) is 0 Å². The fourth-order valence-electron chi connectivity index (χ4n) is 1.04. The van der Waals surface area contributed by atoms with Crippen LogP contribution in [0.4, 0.5) is 0 Å². The van der Waals surface area contributed by atoms with E-state index in [-0.39, 0.29) is 11.9 Å². The van der Waals surface area contributed by atoms with Gasteiger partial charge in [-0.1, -0.05) is 26.7 Å². The van der Waals surface area contributed by atoms with Gasteiger partial charge in [0, 0.05) is 0 Å². The Morgan fingerprint density at radius 1 is 1.55 bits per heavy atom. The molecule has 3 heteroatoms. The molecule has 0 N–H and O–H groups in total. The second kappa shape index (κ2) is 6.70. The zero-order chi connectivity index (χ0) is 8.69. The van der Waals surface area contributed by atoms with Crippen LogP contribution in [0.3, 0.4) is 0 Å². The van der Waals surface area contributed by atoms with Crippen molar-refractivity contribution in [3.8, 4) is 0 Å². The fourth-order valence-corrected chi connectivity index (χ4v) is 1.23. The lowest BCUT2D eigenvalue weighted by Gasteiger charge is -2.12. The first-order chi connectivity index (χ1) is 5.26. The average molecular weight is 170 g/mol. The molecule has 2 nitrogen and oxygen atoms in total. The van der Waals surface area contributed by atoms with Gasteiger partial charge in [-0.2, -0.15) is 0 Å². The predicted octanol–water partition coefficient (Wildman–Crippen LogP) is 1.83. The molecule has 0 aliphatic rings. The molecule has 2 radical (unpaired) electrons. The minimum atomic E-state index is -0.0917. The van der Waals surface area contributed by atoms with Crippen LogP contribution in [-0.4, -0.2) is 22.6 Å². The first kappa shape index (κ1) is 11.0. The molecule has 0 fully saturated rings. The third-order valence-corrected chi connectivity index (χ3v) is 2.08. The maximum absolute atomic E-state index is 11.0. The highest BCUT2D eigenvalue weighted by molar-refractivity contribution is 6.05. The molecule has 0 aromatic heterocycles. The molecule has 0 bridgehead atoms. The summed E-state index contributed by atoms with van der Waals surface area (Å²) in [6.45, 7) is 4.14. The Hall–Kier alpha value is 0.00247. The van der Waals surface area contributed by atoms with Crippen LogP contribution in [-0.2, 0) is 8.58 Å². The predicted molar refractivity (Wildman–Crippen MR) is 45.2 cm³/mol. The van der Waals surface area contributed by atoms with Crippen molar-refractivity contribution in [1.82, 2.24) is 0 Å². The van der Waals surface area contributed by atoms with Crippen LogP contribution in [0.1, 0.15) is 39.5 Å². The van der Waals surface area contributed by atoms with E-state index in [4.69, 9.17) is 0 Å². The Morgan fingerprint density at radius 2 is 2.18 bits per heavy atom. The number of unbranched alkanes of at least 4 members (excludes halogenated alkanes) is 1. The first-order valence-electron chi connectivity index (χ1n) is 4.16. The maximum Gasteiger partial charge on any atom is 0.484 e. The molecule has 0 aliphatic carbocycles. The van der Waals surface area contributed by atoms with Gasteiger partial charge in [-0.15, -0.1) is 0 Å². The number of carbonyl (C=O) groups excluding carboxylic acids is 1. The number of hydrogen-bond acceptors (Lipinski definition) is 2. The summed E-state index contributed by atoms with van der Waals surface area (Å²) < 4.78 is 4.58. The minimum absolute atomic E-state index is 0.0917. The van der Waals surface area contributed by atoms with Gasteiger partial charge < -0.3 is 3.79 Å². The van der Waals surface area contributed by atoms with E-state index in [0.29, 0.717) is 0 Å². The monoisotopic (exact) mass is 170 g/mol. The van der Waals surface area contributed by atoms with Crippen LogP contribution in [0.15, 0.2) is 0 Å². The van der Waals surface area contributed by atoms with E-state index < -0.39 is 0 Å². The highest BCUT2D eigenvalue weighted by Crippen LogP contribution is 2.13. The minimum Gasteiger partial charge on any atom is -0.628 e. The van der Waals surface area contributed by atoms with E-state index in [9.17, 15) is 4.79 Å². The van der Waals surface area contributed by atoms with Gasteiger partial charge in [0.2, 0.25) is 0 Å². The molecule has 62 valence electrons. The smallest absolute Gasteiger partial charge is 0.484 e. The topological polar surface area (TPSA) is 26.3 Å². The Kier molecular flexibility index (Phi) is 6.70. The molecule has 11 heavy (non-hydrogen) atoms. The summed E-state index contributed by atoms with van der Waals surface area (Å²) in [7, 11) is 0. The highest BCUT2D eigenvalue weighted by Gasteiger charge is 2.13. The fraction of sp³-hybridized carbons (Fsp3) is 0.875. The van der Waals surface area contributed by atoms with Gasteiger partial charge in [-0.3, -0.25) is 4.79 Å². The zero-order valence-corrected chi connectivity index (χ0v) is 8.45. The van der Waals surface area contributed by atoms with Gasteiger partial charge in [-0.05, 0) is 12.8 Å². The van der Waals surface area contributed by atoms with E-state index in [1.54, 1.807) is 0 Å². The van der Waals surface area contributed by atoms with Crippen molar-refractivity contribution in [3.05, 3.63) is 0 Å². The van der Waals surface area contributed by atoms with E-state index in [1.165, 1.54) is 0 Å². The lowest BCUT2D eigenvalue weighted by Crippen LogP contribution is -2.15. The molecule has 0 amide bonds. The molecule has 0 saturated heterocycles. The Labute approximate surface area is 77.1 Å². The number of rotatable bonds is 5. The largest absolute Gasteiger partial charge is 0.628 e. The number of hydrogen-bond donors (Lipinski definition) is 0. The lowest BCUT2D eigenvalue weighted by atomic mass is 10.00. The summed E-state index contributed by atoms with van der Waals surface area (Å²) in [5, 5.41) is 0. The molecule has 0 aromatic rings. The third-order valence-electron chi connectivity index (χ3n) is 1.85. The van der Waals surface area contributed by atoms with Crippen molar-refractivity contribution in [2.45, 2.75) is 39.5 Å². The van der Waals surface area contributed by atoms with Crippen molar-refractivity contribution in [1.29, 1.82) is 0 Å². The van der Waals surface area contributed by atoms with Crippen LogP contribution in [0.2, 0.25) is 0 Å². The molecule has 0 saturated carbocycles. The van der Waals surface area contributed by atoms with Crippen LogP contribution in [0.5, 0.6) is 0 Å². The van der Waals surface area contributed by atoms with E-state index in [2.05, 4.69) is 10.7 Å².